The zero-order valence-corrected chi connectivity index (χ0v) is 8.07. The Labute approximate surface area is 83.1 Å². The highest BCUT2D eigenvalue weighted by Gasteiger charge is 2.24. The molecule has 14 heavy (non-hydrogen) atoms. The average Bonchev–Trinajstić information content (AvgIpc) is 2.43. The Balaban J connectivity index is 2.43. The van der Waals surface area contributed by atoms with Crippen molar-refractivity contribution in [1.29, 1.82) is 0 Å². The van der Waals surface area contributed by atoms with Gasteiger partial charge in [-0.1, -0.05) is 30.3 Å². The van der Waals surface area contributed by atoms with Crippen LogP contribution in [0.25, 0.3) is 0 Å². The lowest BCUT2D eigenvalue weighted by Crippen LogP contribution is -2.19. The Morgan fingerprint density at radius 1 is 1.14 bits per heavy atom. The first kappa shape index (κ1) is 8.81. The summed E-state index contributed by atoms with van der Waals surface area (Å²) in [4.78, 5) is 4.08. The van der Waals surface area contributed by atoms with Gasteiger partial charge in [-0.05, 0) is 18.1 Å². The molecule has 2 rings (SSSR count). The molecule has 1 atom stereocenters. The third-order valence-electron chi connectivity index (χ3n) is 2.52. The van der Waals surface area contributed by atoms with E-state index in [0.717, 1.165) is 11.1 Å². The number of amidine groups is 1. The molecule has 1 aliphatic rings. The number of aliphatic imine (C=N–C) groups is 1. The van der Waals surface area contributed by atoms with Gasteiger partial charge in [0.1, 0.15) is 11.7 Å². The Hall–Kier alpha value is -1.77. The maximum absolute atomic E-state index is 5.82. The van der Waals surface area contributed by atoms with Gasteiger partial charge < -0.3 is 11.5 Å². The molecule has 0 bridgehead atoms. The van der Waals surface area contributed by atoms with E-state index >= 15 is 0 Å². The maximum atomic E-state index is 5.82. The van der Waals surface area contributed by atoms with Crippen LogP contribution in [0.4, 0.5) is 0 Å². The minimum absolute atomic E-state index is 0.0659. The van der Waals surface area contributed by atoms with Crippen LogP contribution in [0.5, 0.6) is 0 Å². The van der Waals surface area contributed by atoms with E-state index in [0.29, 0.717) is 11.7 Å². The molecular weight excluding hydrogens is 174 g/mol. The fraction of sp³-hybridized carbons (Fsp3) is 0.182. The summed E-state index contributed by atoms with van der Waals surface area (Å²) in [6, 6.07) is 10.0. The van der Waals surface area contributed by atoms with Crippen molar-refractivity contribution in [3.63, 3.8) is 0 Å². The van der Waals surface area contributed by atoms with Gasteiger partial charge in [0.25, 0.3) is 0 Å². The van der Waals surface area contributed by atoms with Crippen molar-refractivity contribution in [2.24, 2.45) is 16.5 Å². The maximum Gasteiger partial charge on any atom is 0.125 e. The van der Waals surface area contributed by atoms with Crippen LogP contribution in [0.15, 0.2) is 46.7 Å². The Kier molecular flexibility index (Phi) is 2.00. The Morgan fingerprint density at radius 2 is 1.79 bits per heavy atom. The molecule has 1 aromatic carbocycles. The van der Waals surface area contributed by atoms with Gasteiger partial charge >= 0.3 is 0 Å². The normalized spacial score (nSPS) is 21.2. The van der Waals surface area contributed by atoms with Crippen molar-refractivity contribution >= 4 is 5.84 Å². The minimum Gasteiger partial charge on any atom is -0.386 e. The predicted molar refractivity (Wildman–Crippen MR) is 57.7 cm³/mol. The molecule has 0 aliphatic carbocycles. The number of nitrogens with two attached hydrogens (primary N) is 2. The van der Waals surface area contributed by atoms with Gasteiger partial charge in [-0.15, -0.1) is 0 Å². The van der Waals surface area contributed by atoms with E-state index in [9.17, 15) is 0 Å². The summed E-state index contributed by atoms with van der Waals surface area (Å²) in [5.74, 6) is 1.21. The molecule has 0 fully saturated rings. The van der Waals surface area contributed by atoms with E-state index < -0.39 is 0 Å². The number of hydrogen-bond donors (Lipinski definition) is 2. The second-order valence-corrected chi connectivity index (χ2v) is 3.45. The van der Waals surface area contributed by atoms with Crippen molar-refractivity contribution in [2.45, 2.75) is 12.8 Å². The summed E-state index contributed by atoms with van der Waals surface area (Å²) in [6.45, 7) is 1.97. The molecule has 0 spiro atoms. The van der Waals surface area contributed by atoms with Crippen molar-refractivity contribution in [1.82, 2.24) is 0 Å². The smallest absolute Gasteiger partial charge is 0.125 e. The van der Waals surface area contributed by atoms with Crippen LogP contribution in [-0.4, -0.2) is 5.84 Å². The number of nitrogens with zero attached hydrogens (tertiary/aromatic N) is 1. The molecule has 72 valence electrons. The van der Waals surface area contributed by atoms with Gasteiger partial charge in [0.05, 0.1) is 5.92 Å². The van der Waals surface area contributed by atoms with Crippen molar-refractivity contribution in [3.8, 4) is 0 Å². The van der Waals surface area contributed by atoms with E-state index in [1.807, 2.05) is 37.3 Å². The first-order valence-corrected chi connectivity index (χ1v) is 4.55. The Morgan fingerprint density at radius 3 is 2.29 bits per heavy atom. The van der Waals surface area contributed by atoms with Gasteiger partial charge in [-0.3, -0.25) is 0 Å². The molecule has 1 unspecified atom stereocenters. The second kappa shape index (κ2) is 3.18. The number of rotatable bonds is 1. The molecule has 0 aromatic heterocycles. The third-order valence-corrected chi connectivity index (χ3v) is 2.52. The van der Waals surface area contributed by atoms with Crippen LogP contribution in [-0.2, 0) is 0 Å². The average molecular weight is 187 g/mol. The van der Waals surface area contributed by atoms with Crippen LogP contribution in [0.3, 0.4) is 0 Å². The zero-order valence-electron chi connectivity index (χ0n) is 8.07. The van der Waals surface area contributed by atoms with Crippen molar-refractivity contribution < 1.29 is 0 Å². The molecule has 4 N–H and O–H groups in total. The topological polar surface area (TPSA) is 64.4 Å². The highest BCUT2D eigenvalue weighted by atomic mass is 15.0. The molecule has 0 amide bonds. The van der Waals surface area contributed by atoms with Crippen LogP contribution < -0.4 is 11.5 Å². The van der Waals surface area contributed by atoms with Crippen LogP contribution in [0.2, 0.25) is 0 Å². The fourth-order valence-electron chi connectivity index (χ4n) is 1.73. The van der Waals surface area contributed by atoms with Crippen molar-refractivity contribution in [3.05, 3.63) is 47.3 Å². The van der Waals surface area contributed by atoms with Gasteiger partial charge in [0.2, 0.25) is 0 Å². The SMILES string of the molecule is CC1=C(N)N=C(N)C1c1ccccc1. The summed E-state index contributed by atoms with van der Waals surface area (Å²) in [7, 11) is 0. The number of benzene rings is 1. The van der Waals surface area contributed by atoms with Crippen LogP contribution in [0, 0.1) is 0 Å². The van der Waals surface area contributed by atoms with Gasteiger partial charge in [0.15, 0.2) is 0 Å². The molecule has 0 radical (unpaired) electrons. The largest absolute Gasteiger partial charge is 0.386 e. The predicted octanol–water partition coefficient (Wildman–Crippen LogP) is 1.33. The molecule has 1 heterocycles. The molecule has 0 saturated heterocycles. The molecule has 1 aromatic rings. The van der Waals surface area contributed by atoms with E-state index in [4.69, 9.17) is 11.5 Å². The van der Waals surface area contributed by atoms with Crippen molar-refractivity contribution in [2.75, 3.05) is 0 Å². The summed E-state index contributed by atoms with van der Waals surface area (Å²) in [6.07, 6.45) is 0. The molecule has 1 aliphatic heterocycles. The zero-order chi connectivity index (χ0) is 10.1. The van der Waals surface area contributed by atoms with E-state index in [1.54, 1.807) is 0 Å². The lowest BCUT2D eigenvalue weighted by molar-refractivity contribution is 1.03. The standard InChI is InChI=1S/C11H13N3/c1-7-9(11(13)14-10(7)12)8-5-3-2-4-6-8/h2-6,9H,12H2,1H3,(H2,13,14). The summed E-state index contributed by atoms with van der Waals surface area (Å²) >= 11 is 0. The highest BCUT2D eigenvalue weighted by Crippen LogP contribution is 2.30. The molecular formula is C11H13N3. The van der Waals surface area contributed by atoms with Gasteiger partial charge in [0, 0.05) is 0 Å². The summed E-state index contributed by atoms with van der Waals surface area (Å²) in [5.41, 5.74) is 13.7. The molecule has 0 saturated carbocycles. The number of hydrogen-bond acceptors (Lipinski definition) is 3. The Bertz CT molecular complexity index is 404. The molecule has 3 heteroatoms. The minimum atomic E-state index is 0.0659. The summed E-state index contributed by atoms with van der Waals surface area (Å²) < 4.78 is 0. The lowest BCUT2D eigenvalue weighted by atomic mass is 9.93. The van der Waals surface area contributed by atoms with E-state index in [2.05, 4.69) is 4.99 Å². The van der Waals surface area contributed by atoms with Gasteiger partial charge in [-0.25, -0.2) is 4.99 Å². The van der Waals surface area contributed by atoms with E-state index in [-0.39, 0.29) is 5.92 Å². The highest BCUT2D eigenvalue weighted by molar-refractivity contribution is 5.93. The second-order valence-electron chi connectivity index (χ2n) is 3.45. The van der Waals surface area contributed by atoms with Crippen LogP contribution >= 0.6 is 0 Å². The third kappa shape index (κ3) is 1.27. The monoisotopic (exact) mass is 187 g/mol. The first-order valence-electron chi connectivity index (χ1n) is 4.55. The fourth-order valence-corrected chi connectivity index (χ4v) is 1.73. The van der Waals surface area contributed by atoms with Crippen LogP contribution in [0.1, 0.15) is 18.4 Å². The van der Waals surface area contributed by atoms with E-state index in [1.165, 1.54) is 0 Å². The first-order chi connectivity index (χ1) is 6.70. The quantitative estimate of drug-likeness (QED) is 0.696. The summed E-state index contributed by atoms with van der Waals surface area (Å²) in [5, 5.41) is 0. The molecule has 3 nitrogen and oxygen atoms in total. The lowest BCUT2D eigenvalue weighted by Gasteiger charge is -2.12. The van der Waals surface area contributed by atoms with Gasteiger partial charge in [-0.2, -0.15) is 0 Å².